The fourth-order valence-electron chi connectivity index (χ4n) is 2.22. The van der Waals surface area contributed by atoms with E-state index < -0.39 is 16.5 Å². The fourth-order valence-corrected chi connectivity index (χ4v) is 2.22. The zero-order chi connectivity index (χ0) is 16.6. The fraction of sp³-hybridized carbons (Fsp3) is 0. The molecule has 7 heteroatoms. The maximum Gasteiger partial charge on any atom is 0.344 e. The van der Waals surface area contributed by atoms with Crippen molar-refractivity contribution < 1.29 is 19.2 Å². The number of fused-ring (bicyclic) bond motifs is 1. The largest absolute Gasteiger partial charge is 0.478 e. The van der Waals surface area contributed by atoms with Gasteiger partial charge in [-0.2, -0.15) is 0 Å². The van der Waals surface area contributed by atoms with Crippen LogP contribution in [0.4, 0.5) is 5.69 Å². The van der Waals surface area contributed by atoms with Crippen molar-refractivity contribution in [3.05, 3.63) is 74.6 Å². The highest BCUT2D eigenvalue weighted by Crippen LogP contribution is 2.24. The van der Waals surface area contributed by atoms with Crippen molar-refractivity contribution in [2.75, 3.05) is 0 Å². The molecule has 0 amide bonds. The van der Waals surface area contributed by atoms with Gasteiger partial charge in [0.05, 0.1) is 16.1 Å². The third kappa shape index (κ3) is 2.67. The number of non-ortho nitro benzene ring substituents is 1. The molecule has 23 heavy (non-hydrogen) atoms. The van der Waals surface area contributed by atoms with E-state index in [1.54, 1.807) is 0 Å². The third-order valence-electron chi connectivity index (χ3n) is 3.37. The van der Waals surface area contributed by atoms with Gasteiger partial charge in [0.2, 0.25) is 0 Å². The summed E-state index contributed by atoms with van der Waals surface area (Å²) in [6, 6.07) is 11.1. The molecule has 0 radical (unpaired) electrons. The molecule has 7 nitrogen and oxygen atoms in total. The van der Waals surface area contributed by atoms with Gasteiger partial charge in [-0.25, -0.2) is 9.59 Å². The molecule has 3 rings (SSSR count). The minimum Gasteiger partial charge on any atom is -0.478 e. The van der Waals surface area contributed by atoms with E-state index in [9.17, 15) is 19.7 Å². The van der Waals surface area contributed by atoms with Crippen LogP contribution in [-0.4, -0.2) is 16.0 Å². The van der Waals surface area contributed by atoms with Crippen molar-refractivity contribution in [2.24, 2.45) is 0 Å². The van der Waals surface area contributed by atoms with Gasteiger partial charge in [0.1, 0.15) is 5.58 Å². The molecular formula is C16H9NO6. The van der Waals surface area contributed by atoms with Gasteiger partial charge in [-0.1, -0.05) is 12.1 Å². The normalized spacial score (nSPS) is 10.6. The Kier molecular flexibility index (Phi) is 3.38. The Balaban J connectivity index is 2.16. The molecule has 0 atom stereocenters. The summed E-state index contributed by atoms with van der Waals surface area (Å²) in [5, 5.41) is 20.1. The van der Waals surface area contributed by atoms with Crippen LogP contribution in [0.15, 0.2) is 57.7 Å². The van der Waals surface area contributed by atoms with Crippen molar-refractivity contribution in [2.45, 2.75) is 0 Å². The summed E-state index contributed by atoms with van der Waals surface area (Å²) in [6.07, 6.45) is 0. The van der Waals surface area contributed by atoms with Crippen molar-refractivity contribution in [1.82, 2.24) is 0 Å². The smallest absolute Gasteiger partial charge is 0.344 e. The second-order valence-corrected chi connectivity index (χ2v) is 4.81. The molecular weight excluding hydrogens is 302 g/mol. The van der Waals surface area contributed by atoms with Crippen LogP contribution in [0, 0.1) is 10.1 Å². The minimum absolute atomic E-state index is 0.0922. The first-order valence-electron chi connectivity index (χ1n) is 6.52. The lowest BCUT2D eigenvalue weighted by molar-refractivity contribution is -0.384. The van der Waals surface area contributed by atoms with Gasteiger partial charge in [0.25, 0.3) is 5.69 Å². The van der Waals surface area contributed by atoms with Gasteiger partial charge in [0, 0.05) is 17.5 Å². The lowest BCUT2D eigenvalue weighted by Crippen LogP contribution is -2.03. The summed E-state index contributed by atoms with van der Waals surface area (Å²) in [6.45, 7) is 0. The Morgan fingerprint density at radius 2 is 1.78 bits per heavy atom. The van der Waals surface area contributed by atoms with E-state index in [1.165, 1.54) is 48.5 Å². The number of nitro benzene ring substituents is 1. The van der Waals surface area contributed by atoms with Crippen LogP contribution >= 0.6 is 0 Å². The van der Waals surface area contributed by atoms with E-state index in [0.717, 1.165) is 0 Å². The van der Waals surface area contributed by atoms with Crippen LogP contribution in [0.1, 0.15) is 10.4 Å². The summed E-state index contributed by atoms with van der Waals surface area (Å²) in [5.74, 6) is -1.07. The maximum absolute atomic E-state index is 12.1. The second kappa shape index (κ2) is 5.38. The monoisotopic (exact) mass is 311 g/mol. The number of aromatic carboxylic acids is 1. The molecule has 0 unspecified atom stereocenters. The van der Waals surface area contributed by atoms with Gasteiger partial charge >= 0.3 is 11.6 Å². The zero-order valence-electron chi connectivity index (χ0n) is 11.6. The predicted molar refractivity (Wildman–Crippen MR) is 81.5 cm³/mol. The Morgan fingerprint density at radius 1 is 1.09 bits per heavy atom. The molecule has 0 aliphatic carbocycles. The Morgan fingerprint density at radius 3 is 2.39 bits per heavy atom. The highest BCUT2D eigenvalue weighted by atomic mass is 16.6. The molecule has 0 aliphatic rings. The zero-order valence-corrected chi connectivity index (χ0v) is 11.6. The average molecular weight is 311 g/mol. The quantitative estimate of drug-likeness (QED) is 0.452. The van der Waals surface area contributed by atoms with Crippen LogP contribution in [0.25, 0.3) is 22.1 Å². The van der Waals surface area contributed by atoms with Gasteiger partial charge in [-0.05, 0) is 29.8 Å². The lowest BCUT2D eigenvalue weighted by atomic mass is 10.0. The predicted octanol–water partition coefficient (Wildman–Crippen LogP) is 3.07. The minimum atomic E-state index is -1.07. The van der Waals surface area contributed by atoms with Crippen molar-refractivity contribution in [3.8, 4) is 11.1 Å². The summed E-state index contributed by atoms with van der Waals surface area (Å²) < 4.78 is 5.17. The molecule has 1 N–H and O–H groups in total. The summed E-state index contributed by atoms with van der Waals surface area (Å²) in [4.78, 5) is 33.2. The van der Waals surface area contributed by atoms with E-state index in [1.807, 2.05) is 0 Å². The Bertz CT molecular complexity index is 988. The molecule has 1 aromatic heterocycles. The number of rotatable bonds is 3. The number of carboxylic acid groups (broad SMARTS) is 1. The average Bonchev–Trinajstić information content (AvgIpc) is 2.53. The lowest BCUT2D eigenvalue weighted by Gasteiger charge is -2.03. The van der Waals surface area contributed by atoms with Crippen LogP contribution in [0.3, 0.4) is 0 Å². The summed E-state index contributed by atoms with van der Waals surface area (Å²) in [5.41, 5.74) is 0.293. The van der Waals surface area contributed by atoms with Crippen molar-refractivity contribution in [1.29, 1.82) is 0 Å². The number of nitro groups is 1. The van der Waals surface area contributed by atoms with Crippen molar-refractivity contribution >= 4 is 22.6 Å². The van der Waals surface area contributed by atoms with Crippen LogP contribution in [-0.2, 0) is 0 Å². The molecule has 0 fully saturated rings. The van der Waals surface area contributed by atoms with Gasteiger partial charge in [-0.15, -0.1) is 0 Å². The number of nitrogens with zero attached hydrogens (tertiary/aromatic N) is 1. The molecule has 0 saturated carbocycles. The van der Waals surface area contributed by atoms with Gasteiger partial charge in [-0.3, -0.25) is 10.1 Å². The second-order valence-electron chi connectivity index (χ2n) is 4.81. The van der Waals surface area contributed by atoms with E-state index in [2.05, 4.69) is 0 Å². The van der Waals surface area contributed by atoms with E-state index in [-0.39, 0.29) is 22.4 Å². The number of hydrogen-bond acceptors (Lipinski definition) is 5. The van der Waals surface area contributed by atoms with E-state index >= 15 is 0 Å². The topological polar surface area (TPSA) is 111 Å². The first-order valence-corrected chi connectivity index (χ1v) is 6.52. The summed E-state index contributed by atoms with van der Waals surface area (Å²) >= 11 is 0. The number of carboxylic acids is 1. The van der Waals surface area contributed by atoms with Gasteiger partial charge in [0.15, 0.2) is 0 Å². The molecule has 3 aromatic rings. The molecule has 0 saturated heterocycles. The number of hydrogen-bond donors (Lipinski definition) is 1. The Labute approximate surface area is 128 Å². The first-order chi connectivity index (χ1) is 11.0. The van der Waals surface area contributed by atoms with Gasteiger partial charge < -0.3 is 9.52 Å². The number of carbonyl (C=O) groups is 1. The SMILES string of the molecule is O=C(O)c1ccc(-c2cc3cc([N+](=O)[O-])ccc3oc2=O)cc1. The van der Waals surface area contributed by atoms with Crippen LogP contribution < -0.4 is 5.63 Å². The van der Waals surface area contributed by atoms with Crippen LogP contribution in [0.2, 0.25) is 0 Å². The van der Waals surface area contributed by atoms with Crippen molar-refractivity contribution in [3.63, 3.8) is 0 Å². The highest BCUT2D eigenvalue weighted by molar-refractivity contribution is 5.89. The molecule has 2 aromatic carbocycles. The summed E-state index contributed by atoms with van der Waals surface area (Å²) in [7, 11) is 0. The van der Waals surface area contributed by atoms with E-state index in [0.29, 0.717) is 10.9 Å². The highest BCUT2D eigenvalue weighted by Gasteiger charge is 2.12. The first kappa shape index (κ1) is 14.5. The standard InChI is InChI=1S/C16H9NO6/c18-15(19)10-3-1-9(2-4-10)13-8-11-7-12(17(21)22)5-6-14(11)23-16(13)20/h1-8H,(H,18,19). The molecule has 0 spiro atoms. The molecule has 0 bridgehead atoms. The van der Waals surface area contributed by atoms with E-state index in [4.69, 9.17) is 9.52 Å². The number of benzene rings is 2. The molecule has 1 heterocycles. The molecule has 0 aliphatic heterocycles. The van der Waals surface area contributed by atoms with Crippen LogP contribution in [0.5, 0.6) is 0 Å². The maximum atomic E-state index is 12.1. The Hall–Kier alpha value is -3.48. The third-order valence-corrected chi connectivity index (χ3v) is 3.37. The molecule has 114 valence electrons.